The van der Waals surface area contributed by atoms with E-state index in [0.29, 0.717) is 0 Å². The summed E-state index contributed by atoms with van der Waals surface area (Å²) in [6.45, 7) is -0.0505. The van der Waals surface area contributed by atoms with E-state index in [9.17, 15) is 32.0 Å². The number of alkyl halides is 4. The molecule has 0 aromatic heterocycles. The molecule has 1 aliphatic heterocycles. The van der Waals surface area contributed by atoms with Gasteiger partial charge in [-0.2, -0.15) is 8.78 Å². The van der Waals surface area contributed by atoms with Crippen LogP contribution in [0.15, 0.2) is 42.5 Å². The fourth-order valence-electron chi connectivity index (χ4n) is 3.12. The van der Waals surface area contributed by atoms with E-state index in [-0.39, 0.29) is 25.1 Å². The molecule has 1 aromatic rings. The summed E-state index contributed by atoms with van der Waals surface area (Å²) in [7, 11) is -4.54. The van der Waals surface area contributed by atoms with E-state index in [0.717, 1.165) is 6.08 Å². The minimum atomic E-state index is -4.54. The number of aliphatic hydroxyl groups is 1. The lowest BCUT2D eigenvalue weighted by Crippen LogP contribution is -2.35. The Morgan fingerprint density at radius 3 is 2.45 bits per heavy atom. The molecule has 1 fully saturated rings. The maximum Gasteiger partial charge on any atom is 0.325 e. The molecule has 12 heteroatoms. The van der Waals surface area contributed by atoms with Crippen LogP contribution in [0.2, 0.25) is 0 Å². The average Bonchev–Trinajstić information content (AvgIpc) is 3.04. The van der Waals surface area contributed by atoms with Crippen molar-refractivity contribution in [3.8, 4) is 0 Å². The van der Waals surface area contributed by atoms with Gasteiger partial charge in [-0.1, -0.05) is 42.5 Å². The van der Waals surface area contributed by atoms with E-state index in [1.807, 2.05) is 0 Å². The van der Waals surface area contributed by atoms with E-state index in [2.05, 4.69) is 5.32 Å². The van der Waals surface area contributed by atoms with Gasteiger partial charge in [-0.3, -0.25) is 4.57 Å². The van der Waals surface area contributed by atoms with Gasteiger partial charge in [0.2, 0.25) is 5.92 Å². The van der Waals surface area contributed by atoms with Crippen LogP contribution in [-0.4, -0.2) is 63.1 Å². The monoisotopic (exact) mass is 468 g/mol. The number of halogens is 4. The second-order valence-corrected chi connectivity index (χ2v) is 9.14. The number of urea groups is 1. The highest BCUT2D eigenvalue weighted by Crippen LogP contribution is 2.39. The van der Waals surface area contributed by atoms with Crippen molar-refractivity contribution in [2.45, 2.75) is 43.3 Å². The number of nitrogens with one attached hydrogen (secondary N) is 1. The van der Waals surface area contributed by atoms with Gasteiger partial charge in [0.05, 0.1) is 12.2 Å². The number of carbonyl (C=O) groups excluding carboxylic acids is 1. The first-order valence-electron chi connectivity index (χ1n) is 9.58. The third kappa shape index (κ3) is 7.60. The summed E-state index contributed by atoms with van der Waals surface area (Å²) < 4.78 is 67.0. The van der Waals surface area contributed by atoms with E-state index in [1.165, 1.54) is 35.2 Å². The number of hydrogen-bond donors (Lipinski definition) is 4. The fourth-order valence-corrected chi connectivity index (χ4v) is 3.74. The number of amides is 2. The van der Waals surface area contributed by atoms with Crippen molar-refractivity contribution >= 4 is 13.6 Å². The maximum atomic E-state index is 14.4. The molecule has 0 saturated carbocycles. The second-order valence-electron chi connectivity index (χ2n) is 7.36. The molecule has 1 aromatic carbocycles. The van der Waals surface area contributed by atoms with Crippen LogP contribution in [0.25, 0.3) is 0 Å². The normalized spacial score (nSPS) is 19.1. The summed E-state index contributed by atoms with van der Waals surface area (Å²) in [6, 6.07) is 5.47. The standard InChI is InChI=1S/C19H25F4N2O5P/c20-18(21,10-12-31(28,29)30)9-4-11-25-15(13-24-17(25)27)7-8-16(26)19(22,23)14-5-2-1-3-6-14/h1-3,5-8,15-16,26H,4,9-13H2,(H,24,27)(H2,28,29,30)/t15-,16?/m0/s1. The van der Waals surface area contributed by atoms with Crippen molar-refractivity contribution in [2.24, 2.45) is 0 Å². The first-order chi connectivity index (χ1) is 14.3. The Kier molecular flexibility index (Phi) is 8.27. The summed E-state index contributed by atoms with van der Waals surface area (Å²) in [5, 5.41) is 12.4. The fraction of sp³-hybridized carbons (Fsp3) is 0.526. The topological polar surface area (TPSA) is 110 Å². The summed E-state index contributed by atoms with van der Waals surface area (Å²) >= 11 is 0. The second kappa shape index (κ2) is 10.1. The number of hydrogen-bond acceptors (Lipinski definition) is 3. The number of aliphatic hydroxyl groups excluding tert-OH is 1. The Bertz CT molecular complexity index is 819. The van der Waals surface area contributed by atoms with Crippen LogP contribution in [0.5, 0.6) is 0 Å². The highest BCUT2D eigenvalue weighted by molar-refractivity contribution is 7.51. The molecule has 7 nitrogen and oxygen atoms in total. The van der Waals surface area contributed by atoms with Gasteiger partial charge >= 0.3 is 19.5 Å². The Hall–Kier alpha value is -1.94. The van der Waals surface area contributed by atoms with Crippen LogP contribution in [0.3, 0.4) is 0 Å². The molecule has 4 N–H and O–H groups in total. The summed E-state index contributed by atoms with van der Waals surface area (Å²) in [6.07, 6.45) is -2.82. The predicted octanol–water partition coefficient (Wildman–Crippen LogP) is 3.07. The van der Waals surface area contributed by atoms with Gasteiger partial charge in [-0.25, -0.2) is 13.6 Å². The zero-order valence-corrected chi connectivity index (χ0v) is 17.4. The molecule has 2 atom stereocenters. The Balaban J connectivity index is 1.93. The molecule has 2 amide bonds. The van der Waals surface area contributed by atoms with E-state index < -0.39 is 56.6 Å². The lowest BCUT2D eigenvalue weighted by Gasteiger charge is -2.24. The molecular formula is C19H25F4N2O5P. The lowest BCUT2D eigenvalue weighted by atomic mass is 10.0. The smallest absolute Gasteiger partial charge is 0.325 e. The number of benzene rings is 1. The molecule has 174 valence electrons. The van der Waals surface area contributed by atoms with Gasteiger partial charge in [0.25, 0.3) is 0 Å². The van der Waals surface area contributed by atoms with Gasteiger partial charge in [-0.15, -0.1) is 0 Å². The number of nitrogens with zero attached hydrogens (tertiary/aromatic N) is 1. The minimum Gasteiger partial charge on any atom is -0.382 e. The third-order valence-corrected chi connectivity index (χ3v) is 5.69. The predicted molar refractivity (Wildman–Crippen MR) is 105 cm³/mol. The molecule has 1 saturated heterocycles. The van der Waals surface area contributed by atoms with Crippen LogP contribution in [0.4, 0.5) is 22.4 Å². The van der Waals surface area contributed by atoms with Gasteiger partial charge in [-0.05, 0) is 6.42 Å². The van der Waals surface area contributed by atoms with Crippen molar-refractivity contribution < 1.29 is 41.8 Å². The van der Waals surface area contributed by atoms with Crippen molar-refractivity contribution in [2.75, 3.05) is 19.3 Å². The van der Waals surface area contributed by atoms with Crippen LogP contribution >= 0.6 is 7.60 Å². The zero-order chi connectivity index (χ0) is 23.3. The molecule has 1 unspecified atom stereocenters. The van der Waals surface area contributed by atoms with Crippen LogP contribution in [0, 0.1) is 0 Å². The highest BCUT2D eigenvalue weighted by Gasteiger charge is 2.39. The van der Waals surface area contributed by atoms with Crippen molar-refractivity contribution in [1.82, 2.24) is 10.2 Å². The largest absolute Gasteiger partial charge is 0.382 e. The quantitative estimate of drug-likeness (QED) is 0.227. The Morgan fingerprint density at radius 2 is 1.84 bits per heavy atom. The molecule has 0 spiro atoms. The van der Waals surface area contributed by atoms with Crippen LogP contribution < -0.4 is 5.32 Å². The summed E-state index contributed by atoms with van der Waals surface area (Å²) in [5.41, 5.74) is -0.373. The molecule has 0 aliphatic carbocycles. The van der Waals surface area contributed by atoms with Gasteiger partial charge in [0.15, 0.2) is 0 Å². The minimum absolute atomic E-state index is 0.0631. The first kappa shape index (κ1) is 25.3. The van der Waals surface area contributed by atoms with Crippen molar-refractivity contribution in [1.29, 1.82) is 0 Å². The molecule has 31 heavy (non-hydrogen) atoms. The average molecular weight is 468 g/mol. The number of rotatable bonds is 11. The van der Waals surface area contributed by atoms with Crippen molar-refractivity contribution in [3.05, 3.63) is 48.0 Å². The zero-order valence-electron chi connectivity index (χ0n) is 16.5. The maximum absolute atomic E-state index is 14.4. The van der Waals surface area contributed by atoms with Crippen molar-refractivity contribution in [3.63, 3.8) is 0 Å². The van der Waals surface area contributed by atoms with Gasteiger partial charge < -0.3 is 25.1 Å². The summed E-state index contributed by atoms with van der Waals surface area (Å²) in [4.78, 5) is 30.6. The summed E-state index contributed by atoms with van der Waals surface area (Å²) in [5.74, 6) is -6.86. The Morgan fingerprint density at radius 1 is 1.19 bits per heavy atom. The SMILES string of the molecule is O=C1NC[C@H](C=CC(O)C(F)(F)c2ccccc2)N1CCCC(F)(F)CCP(=O)(O)O. The van der Waals surface area contributed by atoms with E-state index in [4.69, 9.17) is 9.79 Å². The van der Waals surface area contributed by atoms with Gasteiger partial charge in [0, 0.05) is 31.5 Å². The van der Waals surface area contributed by atoms with Crippen LogP contribution in [0.1, 0.15) is 24.8 Å². The highest BCUT2D eigenvalue weighted by atomic mass is 31.2. The Labute approximate surface area is 176 Å². The van der Waals surface area contributed by atoms with E-state index >= 15 is 0 Å². The molecular weight excluding hydrogens is 443 g/mol. The lowest BCUT2D eigenvalue weighted by molar-refractivity contribution is -0.0929. The van der Waals surface area contributed by atoms with Crippen LogP contribution in [-0.2, 0) is 10.5 Å². The first-order valence-corrected chi connectivity index (χ1v) is 11.4. The molecule has 0 radical (unpaired) electrons. The number of carbonyl (C=O) groups is 1. The third-order valence-electron chi connectivity index (χ3n) is 4.88. The molecule has 0 bridgehead atoms. The molecule has 1 heterocycles. The van der Waals surface area contributed by atoms with Gasteiger partial charge in [0.1, 0.15) is 6.10 Å². The van der Waals surface area contributed by atoms with E-state index in [1.54, 1.807) is 6.07 Å². The molecule has 2 rings (SSSR count). The molecule has 1 aliphatic rings.